The predicted octanol–water partition coefficient (Wildman–Crippen LogP) is -3.06. The Balaban J connectivity index is 2.52. The zero-order valence-electron chi connectivity index (χ0n) is 11.9. The van der Waals surface area contributed by atoms with Crippen LogP contribution in [0.2, 0.25) is 0 Å². The molecule has 2 rings (SSSR count). The van der Waals surface area contributed by atoms with E-state index >= 15 is 0 Å². The van der Waals surface area contributed by atoms with E-state index in [1.165, 1.54) is 0 Å². The van der Waals surface area contributed by atoms with Crippen LogP contribution in [-0.4, -0.2) is 54.6 Å². The van der Waals surface area contributed by atoms with E-state index in [9.17, 15) is 24.2 Å². The summed E-state index contributed by atoms with van der Waals surface area (Å²) in [5.74, 6) is -3.70. The van der Waals surface area contributed by atoms with Gasteiger partial charge in [-0.1, -0.05) is 0 Å². The number of aromatic nitrogens is 2. The number of nitrogens with one attached hydrogen (secondary N) is 1. The standard InChI is InChI=1S/C10H13FN2O7/c11-10(3-15)6(17)5(16)8(20-10)13-1-4(2-14)7(18)12-9(13)19/h1,5-6,8,14-17H,2-3H2,(H,12,18,19)/t5-,6+,8-,10-/m1/s1/i3D2. The molecule has 1 saturated heterocycles. The first-order valence-electron chi connectivity index (χ1n) is 6.43. The van der Waals surface area contributed by atoms with Crippen molar-refractivity contribution in [1.82, 2.24) is 9.55 Å². The Hall–Kier alpha value is -1.59. The van der Waals surface area contributed by atoms with Crippen molar-refractivity contribution in [3.05, 3.63) is 32.6 Å². The van der Waals surface area contributed by atoms with Crippen LogP contribution in [-0.2, 0) is 11.3 Å². The Morgan fingerprint density at radius 2 is 2.15 bits per heavy atom. The number of nitrogens with zero attached hydrogens (tertiary/aromatic N) is 1. The Morgan fingerprint density at radius 3 is 2.65 bits per heavy atom. The van der Waals surface area contributed by atoms with Crippen molar-refractivity contribution in [3.63, 3.8) is 0 Å². The number of hydrogen-bond acceptors (Lipinski definition) is 7. The number of alkyl halides is 1. The van der Waals surface area contributed by atoms with Gasteiger partial charge in [-0.2, -0.15) is 0 Å². The fourth-order valence-electron chi connectivity index (χ4n) is 1.83. The second-order valence-electron chi connectivity index (χ2n) is 4.18. The first-order chi connectivity index (χ1) is 10.0. The molecule has 4 atom stereocenters. The number of rotatable bonds is 3. The molecule has 5 N–H and O–H groups in total. The van der Waals surface area contributed by atoms with Gasteiger partial charge in [0.25, 0.3) is 11.4 Å². The fourth-order valence-corrected chi connectivity index (χ4v) is 1.83. The van der Waals surface area contributed by atoms with E-state index in [2.05, 4.69) is 4.74 Å². The lowest BCUT2D eigenvalue weighted by Gasteiger charge is -2.20. The van der Waals surface area contributed by atoms with Crippen molar-refractivity contribution >= 4 is 0 Å². The van der Waals surface area contributed by atoms with Gasteiger partial charge in [0.2, 0.25) is 0 Å². The number of aliphatic hydroxyl groups excluding tert-OH is 3. The van der Waals surface area contributed by atoms with Gasteiger partial charge in [-0.15, -0.1) is 0 Å². The Kier molecular flexibility index (Phi) is 3.09. The summed E-state index contributed by atoms with van der Waals surface area (Å²) >= 11 is 0. The molecule has 10 heteroatoms. The van der Waals surface area contributed by atoms with Gasteiger partial charge in [-0.05, 0) is 0 Å². The highest BCUT2D eigenvalue weighted by molar-refractivity contribution is 5.05. The molecule has 0 spiro atoms. The van der Waals surface area contributed by atoms with Gasteiger partial charge in [0.1, 0.15) is 18.8 Å². The van der Waals surface area contributed by atoms with Crippen molar-refractivity contribution in [2.45, 2.75) is 30.9 Å². The number of aromatic amines is 1. The van der Waals surface area contributed by atoms with Crippen LogP contribution in [0.3, 0.4) is 0 Å². The van der Waals surface area contributed by atoms with Gasteiger partial charge in [-0.25, -0.2) is 9.18 Å². The zero-order valence-corrected chi connectivity index (χ0v) is 9.86. The smallest absolute Gasteiger partial charge is 0.330 e. The average molecular weight is 294 g/mol. The summed E-state index contributed by atoms with van der Waals surface area (Å²) in [5.41, 5.74) is -2.38. The molecule has 1 aromatic heterocycles. The lowest BCUT2D eigenvalue weighted by Crippen LogP contribution is -2.42. The van der Waals surface area contributed by atoms with E-state index in [1.807, 2.05) is 0 Å². The molecule has 0 saturated carbocycles. The zero-order chi connectivity index (χ0) is 16.9. The summed E-state index contributed by atoms with van der Waals surface area (Å²) in [6.45, 7) is -4.45. The Bertz CT molecular complexity index is 687. The molecule has 0 unspecified atom stereocenters. The maximum Gasteiger partial charge on any atom is 0.330 e. The number of ether oxygens (including phenoxy) is 1. The lowest BCUT2D eigenvalue weighted by molar-refractivity contribution is -0.207. The van der Waals surface area contributed by atoms with Crippen molar-refractivity contribution < 1.29 is 32.3 Å². The molecule has 0 radical (unpaired) electrons. The number of halogens is 1. The van der Waals surface area contributed by atoms with Crippen molar-refractivity contribution in [3.8, 4) is 0 Å². The minimum Gasteiger partial charge on any atom is -0.391 e. The monoisotopic (exact) mass is 294 g/mol. The van der Waals surface area contributed by atoms with E-state index in [-0.39, 0.29) is 5.56 Å². The van der Waals surface area contributed by atoms with Crippen LogP contribution < -0.4 is 11.2 Å². The van der Waals surface area contributed by atoms with Crippen molar-refractivity contribution in [2.75, 3.05) is 6.56 Å². The molecule has 0 aliphatic carbocycles. The third kappa shape index (κ3) is 2.17. The molecular formula is C10H13FN2O7. The highest BCUT2D eigenvalue weighted by atomic mass is 19.2. The maximum atomic E-state index is 14.3. The number of hydrogen-bond donors (Lipinski definition) is 5. The second-order valence-corrected chi connectivity index (χ2v) is 4.18. The molecule has 0 aromatic carbocycles. The van der Waals surface area contributed by atoms with Crippen LogP contribution in [0.5, 0.6) is 0 Å². The summed E-state index contributed by atoms with van der Waals surface area (Å²) in [5, 5.41) is 37.4. The maximum absolute atomic E-state index is 14.3. The fraction of sp³-hybridized carbons (Fsp3) is 0.600. The molecule has 1 aliphatic heterocycles. The molecule has 20 heavy (non-hydrogen) atoms. The molecule has 112 valence electrons. The van der Waals surface area contributed by atoms with Gasteiger partial charge in [0.15, 0.2) is 6.23 Å². The second kappa shape index (κ2) is 5.07. The minimum atomic E-state index is -3.70. The predicted molar refractivity (Wildman–Crippen MR) is 60.3 cm³/mol. The van der Waals surface area contributed by atoms with Gasteiger partial charge in [0.05, 0.1) is 14.9 Å². The third-order valence-electron chi connectivity index (χ3n) is 2.93. The highest BCUT2D eigenvalue weighted by Crippen LogP contribution is 2.37. The average Bonchev–Trinajstić information content (AvgIpc) is 2.64. The summed E-state index contributed by atoms with van der Waals surface area (Å²) in [6.07, 6.45) is -5.80. The SMILES string of the molecule is [2H]C([2H])(O)[C@@]1(F)O[C@@H](n2cc(CO)c(=O)[nH]c2=O)[C@H](O)[C@@H]1O. The van der Waals surface area contributed by atoms with E-state index in [0.717, 1.165) is 6.20 Å². The van der Waals surface area contributed by atoms with Crippen LogP contribution in [0, 0.1) is 0 Å². The van der Waals surface area contributed by atoms with Gasteiger partial charge in [-0.3, -0.25) is 14.3 Å². The third-order valence-corrected chi connectivity index (χ3v) is 2.93. The summed E-state index contributed by atoms with van der Waals surface area (Å²) in [4.78, 5) is 24.8. The van der Waals surface area contributed by atoms with Gasteiger partial charge < -0.3 is 25.2 Å². The molecule has 1 aromatic rings. The molecular weight excluding hydrogens is 279 g/mol. The van der Waals surface area contributed by atoms with Crippen LogP contribution >= 0.6 is 0 Å². The summed E-state index contributed by atoms with van der Waals surface area (Å²) in [7, 11) is 0. The van der Waals surface area contributed by atoms with E-state index in [1.54, 1.807) is 4.98 Å². The highest BCUT2D eigenvalue weighted by Gasteiger charge is 2.55. The van der Waals surface area contributed by atoms with Crippen LogP contribution in [0.1, 0.15) is 14.5 Å². The lowest BCUT2D eigenvalue weighted by atomic mass is 10.1. The van der Waals surface area contributed by atoms with Crippen LogP contribution in [0.15, 0.2) is 15.8 Å². The largest absolute Gasteiger partial charge is 0.391 e. The summed E-state index contributed by atoms with van der Waals surface area (Å²) < 4.78 is 33.1. The molecule has 1 aliphatic rings. The first kappa shape index (κ1) is 12.2. The molecule has 1 fully saturated rings. The molecule has 0 bridgehead atoms. The van der Waals surface area contributed by atoms with Crippen molar-refractivity contribution in [1.29, 1.82) is 0 Å². The topological polar surface area (TPSA) is 145 Å². The van der Waals surface area contributed by atoms with Crippen LogP contribution in [0.25, 0.3) is 0 Å². The van der Waals surface area contributed by atoms with E-state index < -0.39 is 48.7 Å². The van der Waals surface area contributed by atoms with Crippen LogP contribution in [0.4, 0.5) is 4.39 Å². The Labute approximate surface area is 113 Å². The molecule has 9 nitrogen and oxygen atoms in total. The minimum absolute atomic E-state index is 0.312. The van der Waals surface area contributed by atoms with E-state index in [4.69, 9.17) is 13.0 Å². The van der Waals surface area contributed by atoms with E-state index in [0.29, 0.717) is 4.57 Å². The normalized spacial score (nSPS) is 35.8. The Morgan fingerprint density at radius 1 is 1.50 bits per heavy atom. The first-order valence-corrected chi connectivity index (χ1v) is 5.43. The quantitative estimate of drug-likeness (QED) is 0.398. The van der Waals surface area contributed by atoms with Gasteiger partial charge in [0, 0.05) is 6.20 Å². The van der Waals surface area contributed by atoms with Gasteiger partial charge >= 0.3 is 5.69 Å². The number of aliphatic hydroxyl groups is 4. The summed E-state index contributed by atoms with van der Waals surface area (Å²) in [6, 6.07) is 0. The number of H-pyrrole nitrogens is 1. The molecule has 2 heterocycles. The molecule has 0 amide bonds. The van der Waals surface area contributed by atoms with Crippen molar-refractivity contribution in [2.24, 2.45) is 0 Å².